The van der Waals surface area contributed by atoms with Crippen LogP contribution in [-0.4, -0.2) is 41.1 Å². The summed E-state index contributed by atoms with van der Waals surface area (Å²) >= 11 is 0. The minimum atomic E-state index is -3.34. The Bertz CT molecular complexity index is 581. The molecule has 21 heavy (non-hydrogen) atoms. The Kier molecular flexibility index (Phi) is 4.19. The van der Waals surface area contributed by atoms with Crippen LogP contribution in [0.2, 0.25) is 0 Å². The van der Waals surface area contributed by atoms with Crippen LogP contribution in [-0.2, 0) is 10.0 Å². The van der Waals surface area contributed by atoms with Gasteiger partial charge in [-0.15, -0.1) is 0 Å². The maximum atomic E-state index is 12.1. The van der Waals surface area contributed by atoms with Gasteiger partial charge in [-0.2, -0.15) is 0 Å². The molecule has 1 aromatic carbocycles. The van der Waals surface area contributed by atoms with E-state index in [1.807, 2.05) is 19.2 Å². The summed E-state index contributed by atoms with van der Waals surface area (Å²) in [6.45, 7) is 3.11. The van der Waals surface area contributed by atoms with Gasteiger partial charge in [-0.1, -0.05) is 0 Å². The van der Waals surface area contributed by atoms with E-state index in [0.717, 1.165) is 38.2 Å². The van der Waals surface area contributed by atoms with E-state index in [1.165, 1.54) is 6.42 Å². The van der Waals surface area contributed by atoms with Crippen LogP contribution in [0.4, 0.5) is 5.69 Å². The highest BCUT2D eigenvalue weighted by molar-refractivity contribution is 7.89. The van der Waals surface area contributed by atoms with Crippen molar-refractivity contribution in [3.63, 3.8) is 0 Å². The molecule has 6 heteroatoms. The molecule has 1 saturated heterocycles. The third-order valence-electron chi connectivity index (χ3n) is 4.19. The van der Waals surface area contributed by atoms with Crippen LogP contribution in [0, 0.1) is 5.92 Å². The Morgan fingerprint density at radius 3 is 2.52 bits per heavy atom. The minimum absolute atomic E-state index is 0.149. The maximum absolute atomic E-state index is 12.1. The Morgan fingerprint density at radius 1 is 1.19 bits per heavy atom. The van der Waals surface area contributed by atoms with Gasteiger partial charge >= 0.3 is 0 Å². The summed E-state index contributed by atoms with van der Waals surface area (Å²) in [5.74, 6) is 0.676. The summed E-state index contributed by atoms with van der Waals surface area (Å²) < 4.78 is 26.9. The van der Waals surface area contributed by atoms with Crippen LogP contribution < -0.4 is 14.9 Å². The van der Waals surface area contributed by atoms with Gasteiger partial charge in [0.25, 0.3) is 0 Å². The van der Waals surface area contributed by atoms with Crippen LogP contribution in [0.3, 0.4) is 0 Å². The molecular formula is C15H23N3O2S. The standard InChI is InChI=1S/C15H23N3O2S/c1-16-10-12-8-9-18(11-12)14-4-6-15(7-5-14)21(19,20)17-13-2-3-13/h4-7,12-13,16-17H,2-3,8-11H2,1H3. The zero-order chi connectivity index (χ0) is 14.9. The first-order chi connectivity index (χ1) is 10.1. The van der Waals surface area contributed by atoms with Gasteiger partial charge in [0.2, 0.25) is 10.0 Å². The molecule has 0 spiro atoms. The molecule has 0 radical (unpaired) electrons. The van der Waals surface area contributed by atoms with Gasteiger partial charge in [-0.05, 0) is 63.0 Å². The van der Waals surface area contributed by atoms with E-state index in [0.29, 0.717) is 10.8 Å². The molecular weight excluding hydrogens is 286 g/mol. The first-order valence-electron chi connectivity index (χ1n) is 7.60. The molecule has 0 aromatic heterocycles. The summed E-state index contributed by atoms with van der Waals surface area (Å²) in [5, 5.41) is 3.22. The van der Waals surface area contributed by atoms with Crippen molar-refractivity contribution in [3.05, 3.63) is 24.3 Å². The smallest absolute Gasteiger partial charge is 0.240 e. The Balaban J connectivity index is 1.67. The second kappa shape index (κ2) is 5.94. The van der Waals surface area contributed by atoms with Gasteiger partial charge < -0.3 is 10.2 Å². The van der Waals surface area contributed by atoms with Crippen LogP contribution in [0.15, 0.2) is 29.2 Å². The molecule has 2 fully saturated rings. The SMILES string of the molecule is CNCC1CCN(c2ccc(S(=O)(=O)NC3CC3)cc2)C1. The lowest BCUT2D eigenvalue weighted by Gasteiger charge is -2.19. The molecule has 1 aliphatic carbocycles. The predicted molar refractivity (Wildman–Crippen MR) is 84.0 cm³/mol. The molecule has 1 heterocycles. The highest BCUT2D eigenvalue weighted by atomic mass is 32.2. The van der Waals surface area contributed by atoms with Crippen molar-refractivity contribution in [2.24, 2.45) is 5.92 Å². The van der Waals surface area contributed by atoms with Crippen molar-refractivity contribution in [1.82, 2.24) is 10.0 Å². The molecule has 1 aromatic rings. The molecule has 2 N–H and O–H groups in total. The molecule has 5 nitrogen and oxygen atoms in total. The van der Waals surface area contributed by atoms with Gasteiger partial charge in [0.15, 0.2) is 0 Å². The van der Waals surface area contributed by atoms with Crippen molar-refractivity contribution in [1.29, 1.82) is 0 Å². The molecule has 0 bridgehead atoms. The van der Waals surface area contributed by atoms with Crippen molar-refractivity contribution in [2.45, 2.75) is 30.2 Å². The van der Waals surface area contributed by atoms with E-state index in [9.17, 15) is 8.42 Å². The number of benzene rings is 1. The lowest BCUT2D eigenvalue weighted by atomic mass is 10.1. The number of nitrogens with zero attached hydrogens (tertiary/aromatic N) is 1. The second-order valence-electron chi connectivity index (χ2n) is 6.05. The lowest BCUT2D eigenvalue weighted by Crippen LogP contribution is -2.26. The summed E-state index contributed by atoms with van der Waals surface area (Å²) in [6, 6.07) is 7.42. The fourth-order valence-electron chi connectivity index (χ4n) is 2.85. The number of hydrogen-bond acceptors (Lipinski definition) is 4. The highest BCUT2D eigenvalue weighted by Gasteiger charge is 2.28. The first kappa shape index (κ1) is 14.8. The molecule has 116 valence electrons. The van der Waals surface area contributed by atoms with Crippen molar-refractivity contribution < 1.29 is 8.42 Å². The summed E-state index contributed by atoms with van der Waals surface area (Å²) in [5.41, 5.74) is 1.11. The third kappa shape index (κ3) is 3.56. The lowest BCUT2D eigenvalue weighted by molar-refractivity contribution is 0.549. The van der Waals surface area contributed by atoms with E-state index in [-0.39, 0.29) is 6.04 Å². The average molecular weight is 309 g/mol. The number of rotatable bonds is 6. The topological polar surface area (TPSA) is 61.4 Å². The Labute approximate surface area is 126 Å². The molecule has 3 rings (SSSR count). The number of anilines is 1. The fourth-order valence-corrected chi connectivity index (χ4v) is 4.15. The minimum Gasteiger partial charge on any atom is -0.371 e. The van der Waals surface area contributed by atoms with Crippen molar-refractivity contribution in [3.8, 4) is 0 Å². The first-order valence-corrected chi connectivity index (χ1v) is 9.09. The van der Waals surface area contributed by atoms with Gasteiger partial charge in [0, 0.05) is 24.8 Å². The van der Waals surface area contributed by atoms with Crippen LogP contribution in [0.25, 0.3) is 0 Å². The molecule has 1 saturated carbocycles. The summed E-state index contributed by atoms with van der Waals surface area (Å²) in [4.78, 5) is 2.69. The predicted octanol–water partition coefficient (Wildman–Crippen LogP) is 1.17. The second-order valence-corrected chi connectivity index (χ2v) is 7.76. The van der Waals surface area contributed by atoms with Crippen molar-refractivity contribution in [2.75, 3.05) is 31.6 Å². The van der Waals surface area contributed by atoms with Gasteiger partial charge in [0.05, 0.1) is 4.90 Å². The van der Waals surface area contributed by atoms with Crippen LogP contribution >= 0.6 is 0 Å². The molecule has 1 unspecified atom stereocenters. The largest absolute Gasteiger partial charge is 0.371 e. The van der Waals surface area contributed by atoms with E-state index in [2.05, 4.69) is 14.9 Å². The van der Waals surface area contributed by atoms with Crippen LogP contribution in [0.5, 0.6) is 0 Å². The van der Waals surface area contributed by atoms with Gasteiger partial charge in [0.1, 0.15) is 0 Å². The quantitative estimate of drug-likeness (QED) is 0.828. The van der Waals surface area contributed by atoms with Crippen molar-refractivity contribution >= 4 is 15.7 Å². The van der Waals surface area contributed by atoms with Gasteiger partial charge in [-0.3, -0.25) is 0 Å². The Morgan fingerprint density at radius 2 is 1.90 bits per heavy atom. The molecule has 1 aliphatic heterocycles. The molecule has 1 atom stereocenters. The highest BCUT2D eigenvalue weighted by Crippen LogP contribution is 2.26. The number of sulfonamides is 1. The summed E-state index contributed by atoms with van der Waals surface area (Å²) in [6.07, 6.45) is 3.10. The zero-order valence-corrected chi connectivity index (χ0v) is 13.2. The average Bonchev–Trinajstić information content (AvgIpc) is 3.14. The van der Waals surface area contributed by atoms with Crippen LogP contribution in [0.1, 0.15) is 19.3 Å². The third-order valence-corrected chi connectivity index (χ3v) is 5.73. The summed E-state index contributed by atoms with van der Waals surface area (Å²) in [7, 11) is -1.35. The van der Waals surface area contributed by atoms with Gasteiger partial charge in [-0.25, -0.2) is 13.1 Å². The number of hydrogen-bond donors (Lipinski definition) is 2. The van der Waals surface area contributed by atoms with E-state index >= 15 is 0 Å². The zero-order valence-electron chi connectivity index (χ0n) is 12.4. The normalized spacial score (nSPS) is 22.7. The van der Waals surface area contributed by atoms with E-state index in [1.54, 1.807) is 12.1 Å². The number of nitrogens with one attached hydrogen (secondary N) is 2. The fraction of sp³-hybridized carbons (Fsp3) is 0.600. The molecule has 0 amide bonds. The molecule has 2 aliphatic rings. The maximum Gasteiger partial charge on any atom is 0.240 e. The Hall–Kier alpha value is -1.11. The van der Waals surface area contributed by atoms with E-state index in [4.69, 9.17) is 0 Å². The van der Waals surface area contributed by atoms with E-state index < -0.39 is 10.0 Å². The monoisotopic (exact) mass is 309 g/mol.